The van der Waals surface area contributed by atoms with Crippen LogP contribution in [0.25, 0.3) is 0 Å². The van der Waals surface area contributed by atoms with E-state index in [0.29, 0.717) is 28.6 Å². The Kier molecular flexibility index (Phi) is 6.30. The second-order valence-corrected chi connectivity index (χ2v) is 6.07. The third-order valence-corrected chi connectivity index (χ3v) is 4.40. The molecular formula is C17H17BrClNO3. The molecule has 2 aromatic carbocycles. The molecule has 0 unspecified atom stereocenters. The topological polar surface area (TPSA) is 47.6 Å². The van der Waals surface area contributed by atoms with E-state index in [2.05, 4.69) is 21.2 Å². The highest BCUT2D eigenvalue weighted by molar-refractivity contribution is 9.10. The van der Waals surface area contributed by atoms with Gasteiger partial charge in [0.15, 0.2) is 6.10 Å². The molecule has 0 saturated carbocycles. The van der Waals surface area contributed by atoms with Gasteiger partial charge in [0.2, 0.25) is 0 Å². The Bertz CT molecular complexity index is 693. The largest absolute Gasteiger partial charge is 0.497 e. The van der Waals surface area contributed by atoms with Crippen LogP contribution < -0.4 is 14.8 Å². The molecule has 0 heterocycles. The molecule has 2 aromatic rings. The lowest BCUT2D eigenvalue weighted by Gasteiger charge is -2.18. The van der Waals surface area contributed by atoms with Gasteiger partial charge in [0, 0.05) is 16.2 Å². The predicted octanol–water partition coefficient (Wildman–Crippen LogP) is 4.91. The fraction of sp³-hybridized carbons (Fsp3) is 0.235. The van der Waals surface area contributed by atoms with Gasteiger partial charge in [0.25, 0.3) is 5.91 Å². The van der Waals surface area contributed by atoms with Crippen molar-refractivity contribution in [2.45, 2.75) is 19.4 Å². The first kappa shape index (κ1) is 17.6. The van der Waals surface area contributed by atoms with Gasteiger partial charge < -0.3 is 14.8 Å². The maximum absolute atomic E-state index is 12.4. The van der Waals surface area contributed by atoms with E-state index < -0.39 is 6.10 Å². The molecule has 6 heteroatoms. The highest BCUT2D eigenvalue weighted by Gasteiger charge is 2.19. The van der Waals surface area contributed by atoms with Crippen molar-refractivity contribution in [2.24, 2.45) is 0 Å². The number of benzene rings is 2. The van der Waals surface area contributed by atoms with Crippen molar-refractivity contribution in [2.75, 3.05) is 12.4 Å². The van der Waals surface area contributed by atoms with Crippen LogP contribution in [-0.2, 0) is 4.79 Å². The van der Waals surface area contributed by atoms with Gasteiger partial charge in [-0.25, -0.2) is 0 Å². The summed E-state index contributed by atoms with van der Waals surface area (Å²) >= 11 is 9.35. The zero-order chi connectivity index (χ0) is 16.8. The van der Waals surface area contributed by atoms with Gasteiger partial charge in [-0.15, -0.1) is 0 Å². The summed E-state index contributed by atoms with van der Waals surface area (Å²) in [6, 6.07) is 12.4. The molecule has 1 N–H and O–H groups in total. The Morgan fingerprint density at radius 2 is 2.00 bits per heavy atom. The van der Waals surface area contributed by atoms with E-state index in [9.17, 15) is 4.79 Å². The van der Waals surface area contributed by atoms with Gasteiger partial charge >= 0.3 is 0 Å². The second-order valence-electron chi connectivity index (χ2n) is 4.81. The highest BCUT2D eigenvalue weighted by atomic mass is 79.9. The number of hydrogen-bond acceptors (Lipinski definition) is 3. The zero-order valence-electron chi connectivity index (χ0n) is 12.8. The number of ether oxygens (including phenoxy) is 2. The molecule has 0 aliphatic rings. The van der Waals surface area contributed by atoms with E-state index in [0.717, 1.165) is 4.47 Å². The summed E-state index contributed by atoms with van der Waals surface area (Å²) in [5.74, 6) is 1.03. The van der Waals surface area contributed by atoms with E-state index in [-0.39, 0.29) is 5.91 Å². The Balaban J connectivity index is 2.07. The van der Waals surface area contributed by atoms with Crippen molar-refractivity contribution >= 4 is 39.1 Å². The van der Waals surface area contributed by atoms with Crippen LogP contribution in [0.15, 0.2) is 46.9 Å². The predicted molar refractivity (Wildman–Crippen MR) is 95.5 cm³/mol. The molecule has 0 spiro atoms. The maximum Gasteiger partial charge on any atom is 0.265 e. The standard InChI is InChI=1S/C17H17BrClNO3/c1-3-16(23-13-6-4-5-12(10-13)22-2)17(21)20-11-7-8-14(18)15(19)9-11/h4-10,16H,3H2,1-2H3,(H,20,21)/t16-/m0/s1. The number of carbonyl (C=O) groups is 1. The van der Waals surface area contributed by atoms with Crippen molar-refractivity contribution < 1.29 is 14.3 Å². The van der Waals surface area contributed by atoms with E-state index in [4.69, 9.17) is 21.1 Å². The number of nitrogens with one attached hydrogen (secondary N) is 1. The molecule has 122 valence electrons. The third-order valence-electron chi connectivity index (χ3n) is 3.17. The summed E-state index contributed by atoms with van der Waals surface area (Å²) in [7, 11) is 1.58. The van der Waals surface area contributed by atoms with Crippen molar-refractivity contribution in [1.29, 1.82) is 0 Å². The van der Waals surface area contributed by atoms with Crippen LogP contribution in [0.4, 0.5) is 5.69 Å². The van der Waals surface area contributed by atoms with Gasteiger partial charge in [-0.3, -0.25) is 4.79 Å². The van der Waals surface area contributed by atoms with Gasteiger partial charge in [-0.2, -0.15) is 0 Å². The quantitative estimate of drug-likeness (QED) is 0.752. The number of rotatable bonds is 6. The van der Waals surface area contributed by atoms with Crippen molar-refractivity contribution in [1.82, 2.24) is 0 Å². The molecule has 0 bridgehead atoms. The fourth-order valence-corrected chi connectivity index (χ4v) is 2.38. The van der Waals surface area contributed by atoms with Crippen LogP contribution >= 0.6 is 27.5 Å². The normalized spacial score (nSPS) is 11.7. The first-order valence-corrected chi connectivity index (χ1v) is 8.27. The summed E-state index contributed by atoms with van der Waals surface area (Å²) in [5.41, 5.74) is 0.621. The van der Waals surface area contributed by atoms with E-state index >= 15 is 0 Å². The minimum atomic E-state index is -0.607. The van der Waals surface area contributed by atoms with Gasteiger partial charge in [-0.05, 0) is 52.7 Å². The minimum Gasteiger partial charge on any atom is -0.497 e. The van der Waals surface area contributed by atoms with Crippen molar-refractivity contribution in [3.63, 3.8) is 0 Å². The molecule has 0 fully saturated rings. The first-order valence-electron chi connectivity index (χ1n) is 7.10. The second kappa shape index (κ2) is 8.22. The van der Waals surface area contributed by atoms with Crippen LogP contribution in [-0.4, -0.2) is 19.1 Å². The van der Waals surface area contributed by atoms with Crippen LogP contribution in [0.3, 0.4) is 0 Å². The number of halogens is 2. The van der Waals surface area contributed by atoms with Crippen LogP contribution in [0, 0.1) is 0 Å². The van der Waals surface area contributed by atoms with E-state index in [1.807, 2.05) is 19.1 Å². The zero-order valence-corrected chi connectivity index (χ0v) is 15.1. The fourth-order valence-electron chi connectivity index (χ4n) is 1.96. The third kappa shape index (κ3) is 4.88. The maximum atomic E-state index is 12.4. The number of amides is 1. The van der Waals surface area contributed by atoms with Crippen molar-refractivity contribution in [3.05, 3.63) is 52.0 Å². The molecule has 2 rings (SSSR count). The van der Waals surface area contributed by atoms with Gasteiger partial charge in [0.05, 0.1) is 12.1 Å². The average Bonchev–Trinajstić information content (AvgIpc) is 2.56. The lowest BCUT2D eigenvalue weighted by atomic mass is 10.2. The lowest BCUT2D eigenvalue weighted by Crippen LogP contribution is -2.32. The summed E-state index contributed by atoms with van der Waals surface area (Å²) in [6.07, 6.45) is -0.0719. The van der Waals surface area contributed by atoms with Crippen LogP contribution in [0.2, 0.25) is 5.02 Å². The van der Waals surface area contributed by atoms with Crippen LogP contribution in [0.1, 0.15) is 13.3 Å². The SMILES string of the molecule is CC[C@H](Oc1cccc(OC)c1)C(=O)Nc1ccc(Br)c(Cl)c1. The molecule has 0 aliphatic carbocycles. The Morgan fingerprint density at radius 1 is 1.26 bits per heavy atom. The van der Waals surface area contributed by atoms with Gasteiger partial charge in [0.1, 0.15) is 11.5 Å². The molecule has 1 amide bonds. The number of hydrogen-bond donors (Lipinski definition) is 1. The molecule has 1 atom stereocenters. The average molecular weight is 399 g/mol. The van der Waals surface area contributed by atoms with Crippen molar-refractivity contribution in [3.8, 4) is 11.5 Å². The monoisotopic (exact) mass is 397 g/mol. The van der Waals surface area contributed by atoms with Gasteiger partial charge in [-0.1, -0.05) is 24.6 Å². The molecule has 0 aliphatic heterocycles. The first-order chi connectivity index (χ1) is 11.0. The molecule has 23 heavy (non-hydrogen) atoms. The molecule has 0 radical (unpaired) electrons. The summed E-state index contributed by atoms with van der Waals surface area (Å²) in [6.45, 7) is 1.89. The van der Waals surface area contributed by atoms with E-state index in [1.165, 1.54) is 0 Å². The summed E-state index contributed by atoms with van der Waals surface area (Å²) in [5, 5.41) is 3.34. The molecule has 4 nitrogen and oxygen atoms in total. The highest BCUT2D eigenvalue weighted by Crippen LogP contribution is 2.26. The molecule has 0 saturated heterocycles. The van der Waals surface area contributed by atoms with E-state index in [1.54, 1.807) is 37.4 Å². The number of methoxy groups -OCH3 is 1. The molecular weight excluding hydrogens is 382 g/mol. The summed E-state index contributed by atoms with van der Waals surface area (Å²) in [4.78, 5) is 12.4. The number of carbonyl (C=O) groups excluding carboxylic acids is 1. The number of anilines is 1. The lowest BCUT2D eigenvalue weighted by molar-refractivity contribution is -0.122. The van der Waals surface area contributed by atoms with Crippen LogP contribution in [0.5, 0.6) is 11.5 Å². The smallest absolute Gasteiger partial charge is 0.265 e. The minimum absolute atomic E-state index is 0.228. The molecule has 0 aromatic heterocycles. The Labute approximate surface area is 148 Å². The summed E-state index contributed by atoms with van der Waals surface area (Å²) < 4.78 is 11.7. The Morgan fingerprint density at radius 3 is 2.65 bits per heavy atom. The Hall–Kier alpha value is -1.72.